The van der Waals surface area contributed by atoms with Gasteiger partial charge in [-0.25, -0.2) is 4.57 Å². The van der Waals surface area contributed by atoms with Crippen LogP contribution in [-0.4, -0.2) is 15.9 Å². The highest BCUT2D eigenvalue weighted by atomic mass is 31.2. The van der Waals surface area contributed by atoms with Crippen LogP contribution in [0.25, 0.3) is 0 Å². The monoisotopic (exact) mass is 252 g/mol. The molecule has 1 atom stereocenters. The van der Waals surface area contributed by atoms with Crippen molar-refractivity contribution in [1.29, 1.82) is 0 Å². The third-order valence-corrected chi connectivity index (χ3v) is 3.12. The Labute approximate surface area is 98.6 Å². The van der Waals surface area contributed by atoms with E-state index in [2.05, 4.69) is 13.8 Å². The number of hydrogen-bond donors (Lipinski definition) is 2. The van der Waals surface area contributed by atoms with Gasteiger partial charge in [-0.3, -0.25) is 4.52 Å². The number of unbranched alkanes of at least 4 members (excludes halogenated alkanes) is 4. The maximum atomic E-state index is 10.8. The van der Waals surface area contributed by atoms with Gasteiger partial charge in [0.1, 0.15) is 0 Å². The first kappa shape index (κ1) is 16.1. The molecule has 0 aromatic heterocycles. The summed E-state index contributed by atoms with van der Waals surface area (Å²) < 4.78 is 15.6. The van der Waals surface area contributed by atoms with Gasteiger partial charge in [-0.05, 0) is 12.8 Å². The van der Waals surface area contributed by atoms with E-state index < -0.39 is 7.82 Å². The van der Waals surface area contributed by atoms with Crippen molar-refractivity contribution in [2.75, 3.05) is 0 Å². The Balaban J connectivity index is 3.86. The van der Waals surface area contributed by atoms with E-state index in [1.807, 2.05) is 0 Å². The smallest absolute Gasteiger partial charge is 0.303 e. The predicted octanol–water partition coefficient (Wildman–Crippen LogP) is 3.62. The van der Waals surface area contributed by atoms with Crippen LogP contribution in [-0.2, 0) is 9.09 Å². The van der Waals surface area contributed by atoms with E-state index in [1.54, 1.807) is 0 Å². The lowest BCUT2D eigenvalue weighted by molar-refractivity contribution is 0.116. The first-order chi connectivity index (χ1) is 7.49. The molecule has 0 aliphatic rings. The Morgan fingerprint density at radius 2 is 1.56 bits per heavy atom. The van der Waals surface area contributed by atoms with Gasteiger partial charge in [0.15, 0.2) is 0 Å². The molecule has 0 radical (unpaired) electrons. The fraction of sp³-hybridized carbons (Fsp3) is 1.00. The minimum atomic E-state index is -4.32. The average molecular weight is 252 g/mol. The van der Waals surface area contributed by atoms with Crippen LogP contribution in [0.5, 0.6) is 0 Å². The topological polar surface area (TPSA) is 66.8 Å². The molecule has 0 spiro atoms. The fourth-order valence-corrected chi connectivity index (χ4v) is 2.27. The van der Waals surface area contributed by atoms with Crippen molar-refractivity contribution in [1.82, 2.24) is 0 Å². The molecule has 0 aromatic rings. The minimum absolute atomic E-state index is 0.280. The SMILES string of the molecule is CCCCCCC(CCCC)OP(=O)(O)O. The van der Waals surface area contributed by atoms with Crippen molar-refractivity contribution in [3.8, 4) is 0 Å². The number of phosphoric ester groups is 1. The van der Waals surface area contributed by atoms with Gasteiger partial charge in [0, 0.05) is 0 Å². The lowest BCUT2D eigenvalue weighted by atomic mass is 10.1. The highest BCUT2D eigenvalue weighted by molar-refractivity contribution is 7.46. The van der Waals surface area contributed by atoms with Crippen LogP contribution in [0.3, 0.4) is 0 Å². The van der Waals surface area contributed by atoms with E-state index in [-0.39, 0.29) is 6.10 Å². The van der Waals surface area contributed by atoms with E-state index in [0.717, 1.165) is 38.5 Å². The van der Waals surface area contributed by atoms with Gasteiger partial charge in [0.05, 0.1) is 6.10 Å². The van der Waals surface area contributed by atoms with E-state index in [1.165, 1.54) is 12.8 Å². The van der Waals surface area contributed by atoms with Gasteiger partial charge in [-0.15, -0.1) is 0 Å². The first-order valence-electron chi connectivity index (χ1n) is 6.23. The highest BCUT2D eigenvalue weighted by Crippen LogP contribution is 2.39. The van der Waals surface area contributed by atoms with Gasteiger partial charge in [0.2, 0.25) is 0 Å². The molecule has 4 nitrogen and oxygen atoms in total. The van der Waals surface area contributed by atoms with Crippen LogP contribution in [0.15, 0.2) is 0 Å². The van der Waals surface area contributed by atoms with Crippen LogP contribution in [0.4, 0.5) is 0 Å². The summed E-state index contributed by atoms with van der Waals surface area (Å²) in [7, 11) is -4.32. The third kappa shape index (κ3) is 10.6. The van der Waals surface area contributed by atoms with Crippen LogP contribution in [0, 0.1) is 0 Å². The van der Waals surface area contributed by atoms with Crippen LogP contribution < -0.4 is 0 Å². The average Bonchev–Trinajstić information content (AvgIpc) is 2.18. The minimum Gasteiger partial charge on any atom is -0.303 e. The lowest BCUT2D eigenvalue weighted by Gasteiger charge is -2.17. The Morgan fingerprint density at radius 3 is 2.06 bits per heavy atom. The Kier molecular flexibility index (Phi) is 9.24. The molecule has 0 bridgehead atoms. The zero-order valence-corrected chi connectivity index (χ0v) is 11.3. The summed E-state index contributed by atoms with van der Waals surface area (Å²) in [6.07, 6.45) is 7.65. The van der Waals surface area contributed by atoms with Crippen LogP contribution >= 0.6 is 7.82 Å². The van der Waals surface area contributed by atoms with E-state index in [4.69, 9.17) is 14.3 Å². The zero-order chi connectivity index (χ0) is 12.4. The Morgan fingerprint density at radius 1 is 1.00 bits per heavy atom. The second-order valence-electron chi connectivity index (χ2n) is 4.21. The summed E-state index contributed by atoms with van der Waals surface area (Å²) in [5.74, 6) is 0. The molecular weight excluding hydrogens is 227 g/mol. The predicted molar refractivity (Wildman–Crippen MR) is 65.2 cm³/mol. The standard InChI is InChI=1S/C11H25O4P/c1-3-5-7-8-10-11(9-6-4-2)15-16(12,13)14/h11H,3-10H2,1-2H3,(H2,12,13,14). The van der Waals surface area contributed by atoms with E-state index in [9.17, 15) is 4.57 Å². The lowest BCUT2D eigenvalue weighted by Crippen LogP contribution is -2.11. The first-order valence-corrected chi connectivity index (χ1v) is 7.76. The second kappa shape index (κ2) is 9.17. The molecule has 0 saturated carbocycles. The molecule has 0 rings (SSSR count). The fourth-order valence-electron chi connectivity index (χ4n) is 1.67. The molecule has 98 valence electrons. The molecule has 0 aliphatic heterocycles. The maximum absolute atomic E-state index is 10.8. The summed E-state index contributed by atoms with van der Waals surface area (Å²) in [5.41, 5.74) is 0. The third-order valence-electron chi connectivity index (χ3n) is 2.55. The van der Waals surface area contributed by atoms with Gasteiger partial charge < -0.3 is 9.79 Å². The molecule has 1 unspecified atom stereocenters. The Hall–Kier alpha value is 0.110. The molecule has 2 N–H and O–H groups in total. The molecule has 0 fully saturated rings. The van der Waals surface area contributed by atoms with Crippen LogP contribution in [0.2, 0.25) is 0 Å². The van der Waals surface area contributed by atoms with Gasteiger partial charge >= 0.3 is 7.82 Å². The van der Waals surface area contributed by atoms with Gasteiger partial charge in [-0.1, -0.05) is 52.4 Å². The number of hydrogen-bond acceptors (Lipinski definition) is 2. The van der Waals surface area contributed by atoms with Crippen LogP contribution in [0.1, 0.15) is 65.2 Å². The van der Waals surface area contributed by atoms with Crippen molar-refractivity contribution in [3.05, 3.63) is 0 Å². The van der Waals surface area contributed by atoms with Gasteiger partial charge in [0.25, 0.3) is 0 Å². The van der Waals surface area contributed by atoms with E-state index >= 15 is 0 Å². The summed E-state index contributed by atoms with van der Waals surface area (Å²) in [6, 6.07) is 0. The Bertz CT molecular complexity index is 202. The van der Waals surface area contributed by atoms with Crippen molar-refractivity contribution in [3.63, 3.8) is 0 Å². The van der Waals surface area contributed by atoms with Gasteiger partial charge in [-0.2, -0.15) is 0 Å². The number of phosphoric acid groups is 1. The molecule has 5 heteroatoms. The molecule has 0 aromatic carbocycles. The quantitative estimate of drug-likeness (QED) is 0.460. The van der Waals surface area contributed by atoms with E-state index in [0.29, 0.717) is 0 Å². The second-order valence-corrected chi connectivity index (χ2v) is 5.40. The summed E-state index contributed by atoms with van der Waals surface area (Å²) >= 11 is 0. The van der Waals surface area contributed by atoms with Crippen molar-refractivity contribution < 1.29 is 18.9 Å². The molecule has 0 saturated heterocycles. The number of rotatable bonds is 10. The molecule has 0 heterocycles. The highest BCUT2D eigenvalue weighted by Gasteiger charge is 2.21. The van der Waals surface area contributed by atoms with Crippen molar-refractivity contribution >= 4 is 7.82 Å². The summed E-state index contributed by atoms with van der Waals surface area (Å²) in [5, 5.41) is 0. The maximum Gasteiger partial charge on any atom is 0.469 e. The molecule has 16 heavy (non-hydrogen) atoms. The molecule has 0 amide bonds. The van der Waals surface area contributed by atoms with Crippen molar-refractivity contribution in [2.45, 2.75) is 71.3 Å². The zero-order valence-electron chi connectivity index (χ0n) is 10.4. The summed E-state index contributed by atoms with van der Waals surface area (Å²) in [4.78, 5) is 17.6. The molecule has 0 aliphatic carbocycles. The van der Waals surface area contributed by atoms with Crippen molar-refractivity contribution in [2.24, 2.45) is 0 Å². The molecular formula is C11H25O4P. The normalized spacial score (nSPS) is 14.0. The summed E-state index contributed by atoms with van der Waals surface area (Å²) in [6.45, 7) is 4.20. The largest absolute Gasteiger partial charge is 0.469 e.